The highest BCUT2D eigenvalue weighted by molar-refractivity contribution is 5.81. The molecule has 2 unspecified atom stereocenters. The van der Waals surface area contributed by atoms with Gasteiger partial charge in [0, 0.05) is 30.3 Å². The zero-order valence-electron chi connectivity index (χ0n) is 11.6. The Kier molecular flexibility index (Phi) is 3.76. The molecule has 1 aromatic rings. The van der Waals surface area contributed by atoms with Crippen molar-refractivity contribution in [3.63, 3.8) is 0 Å². The predicted octanol–water partition coefficient (Wildman–Crippen LogP) is 2.36. The Bertz CT molecular complexity index is 584. The van der Waals surface area contributed by atoms with E-state index in [1.54, 1.807) is 4.90 Å². The van der Waals surface area contributed by atoms with E-state index in [9.17, 15) is 13.6 Å². The highest BCUT2D eigenvalue weighted by atomic mass is 19.1. The molecule has 2 atom stereocenters. The first kappa shape index (κ1) is 14.2. The van der Waals surface area contributed by atoms with Crippen LogP contribution in [0.2, 0.25) is 0 Å². The molecule has 0 aromatic heterocycles. The van der Waals surface area contributed by atoms with Crippen molar-refractivity contribution in [3.05, 3.63) is 47.5 Å². The smallest absolute Gasteiger partial charge is 0.230 e. The molecule has 0 heterocycles. The Labute approximate surface area is 122 Å². The summed E-state index contributed by atoms with van der Waals surface area (Å²) in [4.78, 5) is 14.3. The van der Waals surface area contributed by atoms with Gasteiger partial charge in [0.1, 0.15) is 11.6 Å². The lowest BCUT2D eigenvalue weighted by Gasteiger charge is -2.25. The molecule has 0 radical (unpaired) electrons. The summed E-state index contributed by atoms with van der Waals surface area (Å²) < 4.78 is 26.7. The second-order valence-electron chi connectivity index (χ2n) is 5.82. The molecule has 2 aliphatic rings. The summed E-state index contributed by atoms with van der Waals surface area (Å²) in [6, 6.07) is 3.58. The van der Waals surface area contributed by atoms with Crippen molar-refractivity contribution in [1.82, 2.24) is 4.90 Å². The van der Waals surface area contributed by atoms with Crippen molar-refractivity contribution in [3.8, 4) is 0 Å². The third kappa shape index (κ3) is 3.13. The first-order chi connectivity index (χ1) is 10.0. The molecule has 0 bridgehead atoms. The summed E-state index contributed by atoms with van der Waals surface area (Å²) in [7, 11) is 0. The van der Waals surface area contributed by atoms with E-state index in [4.69, 9.17) is 5.73 Å². The van der Waals surface area contributed by atoms with Crippen LogP contribution in [-0.2, 0) is 11.3 Å². The second-order valence-corrected chi connectivity index (χ2v) is 5.82. The number of hydrogen-bond acceptors (Lipinski definition) is 2. The predicted molar refractivity (Wildman–Crippen MR) is 75.2 cm³/mol. The van der Waals surface area contributed by atoms with Crippen LogP contribution in [0.15, 0.2) is 30.4 Å². The zero-order valence-corrected chi connectivity index (χ0v) is 11.6. The van der Waals surface area contributed by atoms with Gasteiger partial charge in [0.05, 0.1) is 5.92 Å². The van der Waals surface area contributed by atoms with Crippen molar-refractivity contribution >= 4 is 5.91 Å². The average Bonchev–Trinajstić information content (AvgIpc) is 3.18. The summed E-state index contributed by atoms with van der Waals surface area (Å²) in [6.45, 7) is 0.190. The van der Waals surface area contributed by atoms with Crippen LogP contribution in [0.25, 0.3) is 0 Å². The van der Waals surface area contributed by atoms with Gasteiger partial charge in [-0.2, -0.15) is 0 Å². The fourth-order valence-electron chi connectivity index (χ4n) is 2.73. The van der Waals surface area contributed by atoms with Crippen LogP contribution >= 0.6 is 0 Å². The largest absolute Gasteiger partial charge is 0.335 e. The minimum atomic E-state index is -0.606. The molecular formula is C16H18F2N2O. The second kappa shape index (κ2) is 5.56. The highest BCUT2D eigenvalue weighted by Gasteiger charge is 2.36. The van der Waals surface area contributed by atoms with E-state index >= 15 is 0 Å². The number of nitrogens with two attached hydrogens (primary N) is 1. The van der Waals surface area contributed by atoms with E-state index in [1.807, 2.05) is 12.2 Å². The van der Waals surface area contributed by atoms with E-state index in [1.165, 1.54) is 12.1 Å². The third-order valence-electron chi connectivity index (χ3n) is 4.06. The van der Waals surface area contributed by atoms with Gasteiger partial charge in [0.2, 0.25) is 5.91 Å². The monoisotopic (exact) mass is 292 g/mol. The van der Waals surface area contributed by atoms with E-state index in [-0.39, 0.29) is 30.5 Å². The SMILES string of the molecule is NC1C=CC(C(=O)N(Cc2ccc(F)cc2F)C2CC2)C1. The molecule has 5 heteroatoms. The number of benzene rings is 1. The lowest BCUT2D eigenvalue weighted by molar-refractivity contribution is -0.135. The van der Waals surface area contributed by atoms with Crippen LogP contribution in [0.1, 0.15) is 24.8 Å². The molecule has 0 spiro atoms. The van der Waals surface area contributed by atoms with Crippen LogP contribution in [0, 0.1) is 17.6 Å². The van der Waals surface area contributed by atoms with Gasteiger partial charge in [-0.05, 0) is 25.3 Å². The number of carbonyl (C=O) groups is 1. The molecule has 112 valence electrons. The van der Waals surface area contributed by atoms with Crippen LogP contribution in [0.3, 0.4) is 0 Å². The maximum absolute atomic E-state index is 13.8. The minimum Gasteiger partial charge on any atom is -0.335 e. The number of carbonyl (C=O) groups excluding carboxylic acids is 1. The van der Waals surface area contributed by atoms with Gasteiger partial charge in [0.25, 0.3) is 0 Å². The lowest BCUT2D eigenvalue weighted by atomic mass is 10.1. The van der Waals surface area contributed by atoms with Crippen LogP contribution in [0.5, 0.6) is 0 Å². The van der Waals surface area contributed by atoms with E-state index in [0.717, 1.165) is 18.9 Å². The summed E-state index contributed by atoms with van der Waals surface area (Å²) in [6.07, 6.45) is 6.16. The lowest BCUT2D eigenvalue weighted by Crippen LogP contribution is -2.37. The summed E-state index contributed by atoms with van der Waals surface area (Å²) in [5.74, 6) is -1.44. The molecule has 2 N–H and O–H groups in total. The number of rotatable bonds is 4. The topological polar surface area (TPSA) is 46.3 Å². The van der Waals surface area contributed by atoms with Crippen molar-refractivity contribution in [2.45, 2.75) is 37.9 Å². The fraction of sp³-hybridized carbons (Fsp3) is 0.438. The minimum absolute atomic E-state index is 0.00887. The summed E-state index contributed by atoms with van der Waals surface area (Å²) in [5.41, 5.74) is 6.14. The molecule has 1 fully saturated rings. The molecule has 3 rings (SSSR count). The Morgan fingerprint density at radius 3 is 2.62 bits per heavy atom. The van der Waals surface area contributed by atoms with Gasteiger partial charge in [-0.1, -0.05) is 18.2 Å². The van der Waals surface area contributed by atoms with Crippen molar-refractivity contribution in [2.24, 2.45) is 11.7 Å². The maximum Gasteiger partial charge on any atom is 0.230 e. The molecule has 1 aromatic carbocycles. The fourth-order valence-corrected chi connectivity index (χ4v) is 2.73. The number of halogens is 2. The maximum atomic E-state index is 13.8. The molecule has 3 nitrogen and oxygen atoms in total. The average molecular weight is 292 g/mol. The van der Waals surface area contributed by atoms with Crippen molar-refractivity contribution < 1.29 is 13.6 Å². The number of hydrogen-bond donors (Lipinski definition) is 1. The first-order valence-electron chi connectivity index (χ1n) is 7.23. The standard InChI is InChI=1S/C16H18F2N2O/c17-12-3-1-11(15(18)8-12)9-20(14-5-6-14)16(21)10-2-4-13(19)7-10/h1-4,8,10,13-14H,5-7,9,19H2. The van der Waals surface area contributed by atoms with Crippen LogP contribution in [0.4, 0.5) is 8.78 Å². The number of amides is 1. The molecular weight excluding hydrogens is 274 g/mol. The van der Waals surface area contributed by atoms with Crippen LogP contribution in [-0.4, -0.2) is 22.9 Å². The molecule has 0 saturated heterocycles. The number of nitrogens with zero attached hydrogens (tertiary/aromatic N) is 1. The normalized spacial score (nSPS) is 24.3. The molecule has 21 heavy (non-hydrogen) atoms. The molecule has 1 saturated carbocycles. The first-order valence-corrected chi connectivity index (χ1v) is 7.23. The Morgan fingerprint density at radius 2 is 2.05 bits per heavy atom. The molecule has 1 amide bonds. The molecule has 2 aliphatic carbocycles. The highest BCUT2D eigenvalue weighted by Crippen LogP contribution is 2.32. The Morgan fingerprint density at radius 1 is 1.29 bits per heavy atom. The van der Waals surface area contributed by atoms with Gasteiger partial charge in [-0.25, -0.2) is 8.78 Å². The van der Waals surface area contributed by atoms with E-state index < -0.39 is 11.6 Å². The van der Waals surface area contributed by atoms with Crippen LogP contribution < -0.4 is 5.73 Å². The third-order valence-corrected chi connectivity index (χ3v) is 4.06. The molecule has 0 aliphatic heterocycles. The van der Waals surface area contributed by atoms with Crippen molar-refractivity contribution in [2.75, 3.05) is 0 Å². The van der Waals surface area contributed by atoms with Gasteiger partial charge in [0.15, 0.2) is 0 Å². The van der Waals surface area contributed by atoms with Crippen molar-refractivity contribution in [1.29, 1.82) is 0 Å². The quantitative estimate of drug-likeness (QED) is 0.866. The summed E-state index contributed by atoms with van der Waals surface area (Å²) >= 11 is 0. The van der Waals surface area contributed by atoms with Gasteiger partial charge in [-0.3, -0.25) is 4.79 Å². The summed E-state index contributed by atoms with van der Waals surface area (Å²) in [5, 5.41) is 0. The van der Waals surface area contributed by atoms with E-state index in [0.29, 0.717) is 12.0 Å². The van der Waals surface area contributed by atoms with Gasteiger partial charge in [-0.15, -0.1) is 0 Å². The zero-order chi connectivity index (χ0) is 15.0. The van der Waals surface area contributed by atoms with E-state index in [2.05, 4.69) is 0 Å². The van der Waals surface area contributed by atoms with Gasteiger partial charge >= 0.3 is 0 Å². The Balaban J connectivity index is 1.76. The Hall–Kier alpha value is -1.75. The van der Waals surface area contributed by atoms with Gasteiger partial charge < -0.3 is 10.6 Å².